The average Bonchev–Trinajstić information content (AvgIpc) is 3.65. The number of hydrogen-bond donors (Lipinski definition) is 1. The fourth-order valence-corrected chi connectivity index (χ4v) is 3.92. The lowest BCUT2D eigenvalue weighted by atomic mass is 9.83. The Bertz CT molecular complexity index is 1150. The van der Waals surface area contributed by atoms with Gasteiger partial charge in [-0.15, -0.1) is 0 Å². The average molecular weight is 429 g/mol. The third kappa shape index (κ3) is 3.56. The number of ketones is 1. The van der Waals surface area contributed by atoms with Crippen LogP contribution in [0.2, 0.25) is 0 Å². The zero-order valence-electron chi connectivity index (χ0n) is 16.3. The van der Waals surface area contributed by atoms with Crippen molar-refractivity contribution in [2.24, 2.45) is 22.6 Å². The molecule has 1 aromatic carbocycles. The first-order chi connectivity index (χ1) is 14.9. The predicted octanol–water partition coefficient (Wildman–Crippen LogP) is 3.19. The van der Waals surface area contributed by atoms with Gasteiger partial charge >= 0.3 is 0 Å². The molecule has 31 heavy (non-hydrogen) atoms. The van der Waals surface area contributed by atoms with Crippen LogP contribution in [-0.2, 0) is 16.7 Å². The Morgan fingerprint density at radius 3 is 2.90 bits per heavy atom. The lowest BCUT2D eigenvalue weighted by Gasteiger charge is -2.33. The van der Waals surface area contributed by atoms with E-state index in [1.165, 1.54) is 18.4 Å². The molecule has 2 aliphatic carbocycles. The summed E-state index contributed by atoms with van der Waals surface area (Å²) >= 11 is 0. The first kappa shape index (κ1) is 19.7. The molecule has 0 amide bonds. The van der Waals surface area contributed by atoms with Gasteiger partial charge in [0, 0.05) is 23.8 Å². The highest BCUT2D eigenvalue weighted by molar-refractivity contribution is 5.95. The highest BCUT2D eigenvalue weighted by atomic mass is 19.3. The zero-order valence-corrected chi connectivity index (χ0v) is 16.3. The fourth-order valence-electron chi connectivity index (χ4n) is 3.92. The van der Waals surface area contributed by atoms with Crippen LogP contribution in [0.1, 0.15) is 46.8 Å². The standard InChI is InChI=1S/C22H18F3N3O3/c23-15-5-3-12(8-17(29)16-10-30-19(27-16)6-4-11-1-2-11)7-13(15)22(20(24)25)14-9-18(14)31-21(26)28-22/h3,5,7,10-11,14,18,20H,1-2,8-9H2,(H2,26,28)/t14-,18+,22+/m0/s1. The summed E-state index contributed by atoms with van der Waals surface area (Å²) in [4.78, 5) is 20.5. The monoisotopic (exact) mass is 429 g/mol. The number of ether oxygens (including phenoxy) is 1. The van der Waals surface area contributed by atoms with Crippen molar-refractivity contribution in [2.75, 3.05) is 0 Å². The van der Waals surface area contributed by atoms with Crippen LogP contribution in [0.3, 0.4) is 0 Å². The number of Topliss-reactive ketones (excluding diaryl/α,β-unsaturated/α-hetero) is 1. The summed E-state index contributed by atoms with van der Waals surface area (Å²) in [6.07, 6.45) is -0.0526. The Kier molecular flexibility index (Phi) is 4.54. The molecule has 9 heteroatoms. The number of fused-ring (bicyclic) bond motifs is 1. The van der Waals surface area contributed by atoms with Crippen LogP contribution in [0.15, 0.2) is 33.9 Å². The first-order valence-electron chi connectivity index (χ1n) is 9.96. The minimum atomic E-state index is -2.99. The highest BCUT2D eigenvalue weighted by Crippen LogP contribution is 2.56. The maximum absolute atomic E-state index is 14.7. The number of halogens is 3. The van der Waals surface area contributed by atoms with Crippen molar-refractivity contribution in [1.29, 1.82) is 0 Å². The third-order valence-electron chi connectivity index (χ3n) is 5.77. The minimum Gasteiger partial charge on any atom is -0.462 e. The SMILES string of the molecule is NC1=N[C@@](c2cc(CC(=O)c3coc(C#CC4CC4)n3)ccc2F)(C(F)F)[C@H]2C[C@H]2O1. The second kappa shape index (κ2) is 7.15. The number of hydrogen-bond acceptors (Lipinski definition) is 6. The maximum Gasteiger partial charge on any atom is 0.283 e. The van der Waals surface area contributed by atoms with Gasteiger partial charge < -0.3 is 14.9 Å². The molecule has 2 saturated carbocycles. The molecule has 2 fully saturated rings. The van der Waals surface area contributed by atoms with E-state index in [0.717, 1.165) is 18.9 Å². The molecule has 6 nitrogen and oxygen atoms in total. The van der Waals surface area contributed by atoms with Crippen molar-refractivity contribution in [3.05, 3.63) is 53.0 Å². The zero-order chi connectivity index (χ0) is 21.8. The smallest absolute Gasteiger partial charge is 0.283 e. The highest BCUT2D eigenvalue weighted by Gasteiger charge is 2.64. The van der Waals surface area contributed by atoms with Gasteiger partial charge in [-0.25, -0.2) is 18.2 Å². The summed E-state index contributed by atoms with van der Waals surface area (Å²) in [5.41, 5.74) is 3.59. The summed E-state index contributed by atoms with van der Waals surface area (Å²) in [5.74, 6) is 4.38. The number of rotatable bonds is 5. The molecule has 2 N–H and O–H groups in total. The topological polar surface area (TPSA) is 90.7 Å². The van der Waals surface area contributed by atoms with Gasteiger partial charge in [-0.2, -0.15) is 4.98 Å². The number of carbonyl (C=O) groups excluding carboxylic acids is 1. The van der Waals surface area contributed by atoms with Crippen molar-refractivity contribution in [3.8, 4) is 11.8 Å². The number of nitrogens with zero attached hydrogens (tertiary/aromatic N) is 2. The molecule has 1 aliphatic heterocycles. The van der Waals surface area contributed by atoms with E-state index in [-0.39, 0.29) is 29.6 Å². The number of alkyl halides is 2. The molecule has 0 radical (unpaired) electrons. The van der Waals surface area contributed by atoms with Crippen LogP contribution < -0.4 is 5.73 Å². The quantitative estimate of drug-likeness (QED) is 0.582. The van der Waals surface area contributed by atoms with Crippen molar-refractivity contribution in [1.82, 2.24) is 4.98 Å². The third-order valence-corrected chi connectivity index (χ3v) is 5.77. The van der Waals surface area contributed by atoms with Gasteiger partial charge in [-0.1, -0.05) is 12.0 Å². The van der Waals surface area contributed by atoms with Crippen molar-refractivity contribution < 1.29 is 27.1 Å². The van der Waals surface area contributed by atoms with Gasteiger partial charge in [0.2, 0.25) is 0 Å². The Balaban J connectivity index is 1.42. The molecule has 1 aromatic heterocycles. The molecule has 3 aliphatic rings. The van der Waals surface area contributed by atoms with Crippen LogP contribution in [0.5, 0.6) is 0 Å². The van der Waals surface area contributed by atoms with E-state index >= 15 is 0 Å². The van der Waals surface area contributed by atoms with E-state index in [2.05, 4.69) is 21.8 Å². The van der Waals surface area contributed by atoms with Crippen molar-refractivity contribution in [2.45, 2.75) is 43.8 Å². The lowest BCUT2D eigenvalue weighted by molar-refractivity contribution is 0.0176. The summed E-state index contributed by atoms with van der Waals surface area (Å²) in [6, 6.07) is 3.31. The summed E-state index contributed by atoms with van der Waals surface area (Å²) in [6.45, 7) is 0. The number of benzene rings is 1. The molecule has 2 aromatic rings. The molecular weight excluding hydrogens is 411 g/mol. The second-order valence-electron chi connectivity index (χ2n) is 8.07. The second-order valence-corrected chi connectivity index (χ2v) is 8.07. The lowest BCUT2D eigenvalue weighted by Crippen LogP contribution is -2.43. The maximum atomic E-state index is 14.7. The minimum absolute atomic E-state index is 0.0742. The van der Waals surface area contributed by atoms with E-state index in [1.54, 1.807) is 0 Å². The van der Waals surface area contributed by atoms with Gasteiger partial charge in [-0.3, -0.25) is 4.79 Å². The number of oxazole rings is 1. The van der Waals surface area contributed by atoms with Gasteiger partial charge in [0.1, 0.15) is 23.9 Å². The Morgan fingerprint density at radius 1 is 1.35 bits per heavy atom. The van der Waals surface area contributed by atoms with Crippen LogP contribution >= 0.6 is 0 Å². The van der Waals surface area contributed by atoms with Gasteiger partial charge in [0.05, 0.1) is 0 Å². The molecule has 0 spiro atoms. The molecule has 160 valence electrons. The van der Waals surface area contributed by atoms with Gasteiger partial charge in [0.15, 0.2) is 11.3 Å². The molecular formula is C22H18F3N3O3. The molecule has 0 bridgehead atoms. The van der Waals surface area contributed by atoms with E-state index in [0.29, 0.717) is 17.9 Å². The number of carbonyl (C=O) groups is 1. The molecule has 3 atom stereocenters. The van der Waals surface area contributed by atoms with Crippen LogP contribution in [0, 0.1) is 29.5 Å². The normalized spacial score (nSPS) is 26.4. The molecule has 5 rings (SSSR count). The summed E-state index contributed by atoms with van der Waals surface area (Å²) < 4.78 is 53.5. The Morgan fingerprint density at radius 2 is 2.16 bits per heavy atom. The summed E-state index contributed by atoms with van der Waals surface area (Å²) in [5, 5.41) is 0. The Labute approximate surface area is 175 Å². The van der Waals surface area contributed by atoms with Crippen molar-refractivity contribution >= 4 is 11.8 Å². The fraction of sp³-hybridized carbons (Fsp3) is 0.409. The predicted molar refractivity (Wildman–Crippen MR) is 103 cm³/mol. The molecule has 0 saturated heterocycles. The van der Waals surface area contributed by atoms with Gasteiger partial charge in [0.25, 0.3) is 18.3 Å². The van der Waals surface area contributed by atoms with E-state index in [1.807, 2.05) is 0 Å². The van der Waals surface area contributed by atoms with Crippen molar-refractivity contribution in [3.63, 3.8) is 0 Å². The molecule has 2 heterocycles. The van der Waals surface area contributed by atoms with Crippen LogP contribution in [0.25, 0.3) is 0 Å². The van der Waals surface area contributed by atoms with Crippen LogP contribution in [-0.4, -0.2) is 29.3 Å². The van der Waals surface area contributed by atoms with E-state index in [9.17, 15) is 18.0 Å². The number of nitrogens with two attached hydrogens (primary N) is 1. The largest absolute Gasteiger partial charge is 0.462 e. The molecule has 0 unspecified atom stereocenters. The number of amidine groups is 1. The van der Waals surface area contributed by atoms with E-state index < -0.39 is 35.6 Å². The van der Waals surface area contributed by atoms with Gasteiger partial charge in [-0.05, 0) is 42.9 Å². The number of aromatic nitrogens is 1. The number of aliphatic imine (C=N–C) groups is 1. The first-order valence-corrected chi connectivity index (χ1v) is 9.96. The summed E-state index contributed by atoms with van der Waals surface area (Å²) in [7, 11) is 0. The Hall–Kier alpha value is -3.28. The van der Waals surface area contributed by atoms with Crippen LogP contribution in [0.4, 0.5) is 13.2 Å². The van der Waals surface area contributed by atoms with E-state index in [4.69, 9.17) is 14.9 Å².